The van der Waals surface area contributed by atoms with Crippen LogP contribution in [0.1, 0.15) is 32.1 Å². The van der Waals surface area contributed by atoms with Gasteiger partial charge in [-0.2, -0.15) is 17.0 Å². The van der Waals surface area contributed by atoms with Crippen LogP contribution in [0, 0.1) is 5.92 Å². The van der Waals surface area contributed by atoms with Crippen LogP contribution in [0.15, 0.2) is 0 Å². The van der Waals surface area contributed by atoms with Crippen LogP contribution in [-0.2, 0) is 15.0 Å². The van der Waals surface area contributed by atoms with Crippen LogP contribution in [0.2, 0.25) is 0 Å². The number of aliphatic carboxylic acids is 1. The van der Waals surface area contributed by atoms with E-state index in [9.17, 15) is 13.2 Å². The minimum atomic E-state index is -3.29. The molecule has 7 heteroatoms. The highest BCUT2D eigenvalue weighted by Crippen LogP contribution is 2.26. The van der Waals surface area contributed by atoms with E-state index in [1.807, 2.05) is 0 Å². The van der Waals surface area contributed by atoms with Gasteiger partial charge in [0.15, 0.2) is 0 Å². The van der Waals surface area contributed by atoms with Gasteiger partial charge in [-0.05, 0) is 31.6 Å². The monoisotopic (exact) mass is 276 g/mol. The molecule has 2 saturated heterocycles. The van der Waals surface area contributed by atoms with Crippen molar-refractivity contribution in [1.29, 1.82) is 0 Å². The summed E-state index contributed by atoms with van der Waals surface area (Å²) in [7, 11) is -3.29. The van der Waals surface area contributed by atoms with Gasteiger partial charge in [0.05, 0.1) is 0 Å². The lowest BCUT2D eigenvalue weighted by atomic mass is 10.0. The molecule has 1 N–H and O–H groups in total. The van der Waals surface area contributed by atoms with Gasteiger partial charge < -0.3 is 5.11 Å². The maximum Gasteiger partial charge on any atom is 0.303 e. The molecule has 0 saturated carbocycles. The number of carboxylic acid groups (broad SMARTS) is 1. The van der Waals surface area contributed by atoms with Crippen LogP contribution < -0.4 is 0 Å². The van der Waals surface area contributed by atoms with E-state index in [1.165, 1.54) is 4.31 Å². The first-order chi connectivity index (χ1) is 8.50. The lowest BCUT2D eigenvalue weighted by molar-refractivity contribution is -0.137. The predicted molar refractivity (Wildman–Crippen MR) is 66.3 cm³/mol. The summed E-state index contributed by atoms with van der Waals surface area (Å²) in [6.45, 7) is 2.26. The molecule has 0 spiro atoms. The Morgan fingerprint density at radius 3 is 2.44 bits per heavy atom. The maximum atomic E-state index is 12.3. The number of rotatable bonds is 5. The van der Waals surface area contributed by atoms with E-state index in [-0.39, 0.29) is 12.3 Å². The zero-order valence-electron chi connectivity index (χ0n) is 10.4. The summed E-state index contributed by atoms with van der Waals surface area (Å²) in [5.74, 6) is -0.616. The second kappa shape index (κ2) is 5.54. The standard InChI is InChI=1S/C11H20N2O4S/c14-11(15)4-3-10-5-8-13(9-10)18(16,17)12-6-1-2-7-12/h10H,1-9H2,(H,14,15). The van der Waals surface area contributed by atoms with Crippen molar-refractivity contribution in [2.24, 2.45) is 5.92 Å². The van der Waals surface area contributed by atoms with E-state index < -0.39 is 16.2 Å². The fourth-order valence-corrected chi connectivity index (χ4v) is 4.43. The largest absolute Gasteiger partial charge is 0.481 e. The molecule has 0 radical (unpaired) electrons. The van der Waals surface area contributed by atoms with Crippen molar-refractivity contribution in [3.8, 4) is 0 Å². The van der Waals surface area contributed by atoms with Crippen molar-refractivity contribution in [2.45, 2.75) is 32.1 Å². The molecule has 2 aliphatic heterocycles. The molecule has 104 valence electrons. The molecule has 1 unspecified atom stereocenters. The molecule has 0 amide bonds. The normalized spacial score (nSPS) is 26.8. The van der Waals surface area contributed by atoms with E-state index in [0.29, 0.717) is 32.6 Å². The van der Waals surface area contributed by atoms with E-state index in [0.717, 1.165) is 19.3 Å². The number of carboxylic acids is 1. The minimum Gasteiger partial charge on any atom is -0.481 e. The second-order valence-electron chi connectivity index (χ2n) is 5.06. The average molecular weight is 276 g/mol. The molecule has 2 aliphatic rings. The number of nitrogens with zero attached hydrogens (tertiary/aromatic N) is 2. The summed E-state index contributed by atoms with van der Waals surface area (Å²) in [5.41, 5.74) is 0. The Hall–Kier alpha value is -0.660. The molecule has 1 atom stereocenters. The fourth-order valence-electron chi connectivity index (χ4n) is 2.65. The van der Waals surface area contributed by atoms with Crippen molar-refractivity contribution in [3.63, 3.8) is 0 Å². The molecule has 2 rings (SSSR count). The van der Waals surface area contributed by atoms with Gasteiger partial charge in [-0.3, -0.25) is 4.79 Å². The minimum absolute atomic E-state index is 0.127. The van der Waals surface area contributed by atoms with Gasteiger partial charge in [-0.15, -0.1) is 0 Å². The maximum absolute atomic E-state index is 12.3. The van der Waals surface area contributed by atoms with Gasteiger partial charge in [0, 0.05) is 32.6 Å². The molecular weight excluding hydrogens is 256 g/mol. The Labute approximate surface area is 108 Å². The SMILES string of the molecule is O=C(O)CCC1CCN(S(=O)(=O)N2CCCC2)C1. The molecule has 0 aromatic heterocycles. The van der Waals surface area contributed by atoms with Gasteiger partial charge in [-0.1, -0.05) is 0 Å². The summed E-state index contributed by atoms with van der Waals surface area (Å²) in [5, 5.41) is 8.63. The zero-order chi connectivity index (χ0) is 13.2. The third-order valence-corrected chi connectivity index (χ3v) is 5.73. The van der Waals surface area contributed by atoms with Crippen molar-refractivity contribution >= 4 is 16.2 Å². The number of carbonyl (C=O) groups is 1. The van der Waals surface area contributed by atoms with Gasteiger partial charge >= 0.3 is 5.97 Å². The molecule has 0 aliphatic carbocycles. The highest BCUT2D eigenvalue weighted by molar-refractivity contribution is 7.86. The van der Waals surface area contributed by atoms with Crippen molar-refractivity contribution < 1.29 is 18.3 Å². The average Bonchev–Trinajstić information content (AvgIpc) is 2.98. The van der Waals surface area contributed by atoms with E-state index >= 15 is 0 Å². The third kappa shape index (κ3) is 3.02. The second-order valence-corrected chi connectivity index (χ2v) is 6.99. The molecule has 0 aromatic carbocycles. The molecular formula is C11H20N2O4S. The lowest BCUT2D eigenvalue weighted by Gasteiger charge is -2.23. The molecule has 18 heavy (non-hydrogen) atoms. The third-order valence-electron chi connectivity index (χ3n) is 3.73. The Morgan fingerprint density at radius 2 is 1.83 bits per heavy atom. The molecule has 2 heterocycles. The quantitative estimate of drug-likeness (QED) is 0.794. The Bertz CT molecular complexity index is 403. The summed E-state index contributed by atoms with van der Waals surface area (Å²) >= 11 is 0. The highest BCUT2D eigenvalue weighted by atomic mass is 32.2. The molecule has 6 nitrogen and oxygen atoms in total. The van der Waals surface area contributed by atoms with Gasteiger partial charge in [0.2, 0.25) is 0 Å². The topological polar surface area (TPSA) is 77.9 Å². The molecule has 0 bridgehead atoms. The predicted octanol–water partition coefficient (Wildman–Crippen LogP) is 0.514. The highest BCUT2D eigenvalue weighted by Gasteiger charge is 2.36. The van der Waals surface area contributed by atoms with Crippen LogP contribution in [0.5, 0.6) is 0 Å². The van der Waals surface area contributed by atoms with Crippen molar-refractivity contribution in [1.82, 2.24) is 8.61 Å². The van der Waals surface area contributed by atoms with E-state index in [4.69, 9.17) is 5.11 Å². The van der Waals surface area contributed by atoms with Crippen molar-refractivity contribution in [2.75, 3.05) is 26.2 Å². The first-order valence-electron chi connectivity index (χ1n) is 6.47. The number of hydrogen-bond donors (Lipinski definition) is 1. The van der Waals surface area contributed by atoms with Crippen LogP contribution in [0.3, 0.4) is 0 Å². The van der Waals surface area contributed by atoms with Gasteiger partial charge in [0.25, 0.3) is 10.2 Å². The van der Waals surface area contributed by atoms with Crippen LogP contribution in [-0.4, -0.2) is 54.3 Å². The molecule has 2 fully saturated rings. The fraction of sp³-hybridized carbons (Fsp3) is 0.909. The number of hydrogen-bond acceptors (Lipinski definition) is 3. The molecule has 0 aromatic rings. The summed E-state index contributed by atoms with van der Waals surface area (Å²) in [4.78, 5) is 10.5. The zero-order valence-corrected chi connectivity index (χ0v) is 11.2. The van der Waals surface area contributed by atoms with Gasteiger partial charge in [-0.25, -0.2) is 0 Å². The lowest BCUT2D eigenvalue weighted by Crippen LogP contribution is -2.41. The summed E-state index contributed by atoms with van der Waals surface area (Å²) in [6, 6.07) is 0. The Morgan fingerprint density at radius 1 is 1.17 bits per heavy atom. The van der Waals surface area contributed by atoms with E-state index in [1.54, 1.807) is 4.31 Å². The smallest absolute Gasteiger partial charge is 0.303 e. The summed E-state index contributed by atoms with van der Waals surface area (Å²) < 4.78 is 27.6. The van der Waals surface area contributed by atoms with Crippen molar-refractivity contribution in [3.05, 3.63) is 0 Å². The first kappa shape index (κ1) is 13.8. The van der Waals surface area contributed by atoms with Crippen LogP contribution in [0.25, 0.3) is 0 Å². The van der Waals surface area contributed by atoms with Crippen LogP contribution >= 0.6 is 0 Å². The first-order valence-corrected chi connectivity index (χ1v) is 7.87. The summed E-state index contributed by atoms with van der Waals surface area (Å²) in [6.07, 6.45) is 3.36. The van der Waals surface area contributed by atoms with Crippen LogP contribution in [0.4, 0.5) is 0 Å². The van der Waals surface area contributed by atoms with Gasteiger partial charge in [0.1, 0.15) is 0 Å². The Balaban J connectivity index is 1.89. The van der Waals surface area contributed by atoms with E-state index in [2.05, 4.69) is 0 Å². The Kier molecular flexibility index (Phi) is 4.24.